The van der Waals surface area contributed by atoms with Crippen LogP contribution in [0.25, 0.3) is 0 Å². The molecule has 0 amide bonds. The van der Waals surface area contributed by atoms with Gasteiger partial charge in [-0.3, -0.25) is 4.68 Å². The summed E-state index contributed by atoms with van der Waals surface area (Å²) >= 11 is 0. The van der Waals surface area contributed by atoms with Crippen LogP contribution in [0.4, 0.5) is 4.39 Å². The highest BCUT2D eigenvalue weighted by Gasteiger charge is 2.10. The predicted octanol–water partition coefficient (Wildman–Crippen LogP) is 2.57. The predicted molar refractivity (Wildman–Crippen MR) is 79.0 cm³/mol. The third-order valence-corrected chi connectivity index (χ3v) is 3.53. The Morgan fingerprint density at radius 1 is 1.25 bits per heavy atom. The van der Waals surface area contributed by atoms with Crippen molar-refractivity contribution in [3.8, 4) is 0 Å². The second kappa shape index (κ2) is 7.20. The number of nitrogens with one attached hydrogen (secondary N) is 1. The first kappa shape index (κ1) is 14.7. The topological polar surface area (TPSA) is 29.9 Å². The van der Waals surface area contributed by atoms with Crippen molar-refractivity contribution in [1.29, 1.82) is 0 Å². The van der Waals surface area contributed by atoms with Crippen molar-refractivity contribution < 1.29 is 4.39 Å². The summed E-state index contributed by atoms with van der Waals surface area (Å²) in [6.07, 6.45) is 7.09. The fourth-order valence-electron chi connectivity index (χ4n) is 2.49. The van der Waals surface area contributed by atoms with E-state index in [1.54, 1.807) is 0 Å². The van der Waals surface area contributed by atoms with E-state index in [4.69, 9.17) is 0 Å². The summed E-state index contributed by atoms with van der Waals surface area (Å²) in [6, 6.07) is 6.82. The van der Waals surface area contributed by atoms with Gasteiger partial charge in [0.25, 0.3) is 0 Å². The van der Waals surface area contributed by atoms with Gasteiger partial charge in [0.05, 0.1) is 6.20 Å². The molecule has 108 valence electrons. The summed E-state index contributed by atoms with van der Waals surface area (Å²) in [6.45, 7) is 0.970. The maximum Gasteiger partial charge on any atom is 0.123 e. The molecule has 1 aromatic heterocycles. The van der Waals surface area contributed by atoms with E-state index < -0.39 is 0 Å². The second-order valence-corrected chi connectivity index (χ2v) is 5.32. The summed E-state index contributed by atoms with van der Waals surface area (Å²) in [5, 5.41) is 7.44. The number of hydrogen-bond acceptors (Lipinski definition) is 2. The van der Waals surface area contributed by atoms with Gasteiger partial charge in [-0.05, 0) is 62.0 Å². The smallest absolute Gasteiger partial charge is 0.123 e. The molecule has 0 aliphatic carbocycles. The molecule has 0 bridgehead atoms. The van der Waals surface area contributed by atoms with Gasteiger partial charge in [-0.1, -0.05) is 12.1 Å². The minimum absolute atomic E-state index is 0.172. The molecule has 1 aromatic carbocycles. The number of rotatable bonds is 7. The lowest BCUT2D eigenvalue weighted by atomic mass is 9.93. The lowest BCUT2D eigenvalue weighted by Gasteiger charge is -2.16. The van der Waals surface area contributed by atoms with Crippen LogP contribution in [0.1, 0.15) is 17.5 Å². The van der Waals surface area contributed by atoms with E-state index in [1.807, 2.05) is 37.1 Å². The summed E-state index contributed by atoms with van der Waals surface area (Å²) in [5.74, 6) is 0.375. The van der Waals surface area contributed by atoms with Gasteiger partial charge in [-0.2, -0.15) is 5.10 Å². The van der Waals surface area contributed by atoms with Crippen LogP contribution >= 0.6 is 0 Å². The molecule has 0 aliphatic heterocycles. The number of hydrogen-bond donors (Lipinski definition) is 1. The SMILES string of the molecule is CNCC(CCc1cnn(C)c1)Cc1ccc(F)cc1. The van der Waals surface area contributed by atoms with E-state index in [0.29, 0.717) is 5.92 Å². The molecule has 0 fully saturated rings. The summed E-state index contributed by atoms with van der Waals surface area (Å²) in [7, 11) is 3.91. The van der Waals surface area contributed by atoms with Crippen molar-refractivity contribution in [3.05, 3.63) is 53.6 Å². The van der Waals surface area contributed by atoms with Crippen LogP contribution in [0.3, 0.4) is 0 Å². The highest BCUT2D eigenvalue weighted by Crippen LogP contribution is 2.15. The number of nitrogens with zero attached hydrogens (tertiary/aromatic N) is 2. The monoisotopic (exact) mass is 275 g/mol. The normalized spacial score (nSPS) is 12.6. The quantitative estimate of drug-likeness (QED) is 0.841. The lowest BCUT2D eigenvalue weighted by Crippen LogP contribution is -2.21. The fraction of sp³-hybridized carbons (Fsp3) is 0.438. The molecule has 1 unspecified atom stereocenters. The highest BCUT2D eigenvalue weighted by molar-refractivity contribution is 5.16. The van der Waals surface area contributed by atoms with E-state index >= 15 is 0 Å². The number of halogens is 1. The lowest BCUT2D eigenvalue weighted by molar-refractivity contribution is 0.461. The van der Waals surface area contributed by atoms with Crippen molar-refractivity contribution in [2.75, 3.05) is 13.6 Å². The summed E-state index contributed by atoms with van der Waals surface area (Å²) < 4.78 is 14.8. The van der Waals surface area contributed by atoms with E-state index in [0.717, 1.165) is 25.8 Å². The van der Waals surface area contributed by atoms with E-state index in [1.165, 1.54) is 23.3 Å². The van der Waals surface area contributed by atoms with Gasteiger partial charge in [0.1, 0.15) is 5.82 Å². The van der Waals surface area contributed by atoms with Crippen molar-refractivity contribution >= 4 is 0 Å². The fourth-order valence-corrected chi connectivity index (χ4v) is 2.49. The average Bonchev–Trinajstić information content (AvgIpc) is 2.85. The highest BCUT2D eigenvalue weighted by atomic mass is 19.1. The first-order valence-electron chi connectivity index (χ1n) is 7.04. The Kier molecular flexibility index (Phi) is 5.30. The third kappa shape index (κ3) is 4.46. The van der Waals surface area contributed by atoms with Gasteiger partial charge in [-0.15, -0.1) is 0 Å². The Labute approximate surface area is 119 Å². The molecule has 0 aliphatic rings. The molecule has 3 nitrogen and oxygen atoms in total. The minimum Gasteiger partial charge on any atom is -0.319 e. The van der Waals surface area contributed by atoms with Crippen LogP contribution in [-0.2, 0) is 19.9 Å². The first-order valence-corrected chi connectivity index (χ1v) is 7.04. The van der Waals surface area contributed by atoms with Gasteiger partial charge in [-0.25, -0.2) is 4.39 Å². The number of benzene rings is 1. The van der Waals surface area contributed by atoms with Crippen molar-refractivity contribution in [3.63, 3.8) is 0 Å². The van der Waals surface area contributed by atoms with E-state index in [-0.39, 0.29) is 5.82 Å². The first-order chi connectivity index (χ1) is 9.67. The van der Waals surface area contributed by atoms with Crippen LogP contribution in [0.5, 0.6) is 0 Å². The zero-order valence-corrected chi connectivity index (χ0v) is 12.1. The van der Waals surface area contributed by atoms with Crippen molar-refractivity contribution in [2.45, 2.75) is 19.3 Å². The Morgan fingerprint density at radius 3 is 2.60 bits per heavy atom. The zero-order chi connectivity index (χ0) is 14.4. The molecule has 0 radical (unpaired) electrons. The van der Waals surface area contributed by atoms with Crippen LogP contribution in [0.2, 0.25) is 0 Å². The molecule has 0 spiro atoms. The Morgan fingerprint density at radius 2 is 2.00 bits per heavy atom. The molecular formula is C16H22FN3. The zero-order valence-electron chi connectivity index (χ0n) is 12.1. The average molecular weight is 275 g/mol. The second-order valence-electron chi connectivity index (χ2n) is 5.32. The van der Waals surface area contributed by atoms with Crippen LogP contribution in [0.15, 0.2) is 36.7 Å². The van der Waals surface area contributed by atoms with Gasteiger partial charge in [0.2, 0.25) is 0 Å². The van der Waals surface area contributed by atoms with Gasteiger partial charge in [0, 0.05) is 13.2 Å². The Bertz CT molecular complexity index is 519. The molecule has 1 heterocycles. The Hall–Kier alpha value is -1.68. The molecule has 0 saturated heterocycles. The van der Waals surface area contributed by atoms with Crippen molar-refractivity contribution in [1.82, 2.24) is 15.1 Å². The molecule has 1 atom stereocenters. The van der Waals surface area contributed by atoms with Crippen molar-refractivity contribution in [2.24, 2.45) is 13.0 Å². The number of aromatic nitrogens is 2. The minimum atomic E-state index is -0.172. The molecular weight excluding hydrogens is 253 g/mol. The van der Waals surface area contributed by atoms with Gasteiger partial charge < -0.3 is 5.32 Å². The van der Waals surface area contributed by atoms with Crippen LogP contribution < -0.4 is 5.32 Å². The third-order valence-electron chi connectivity index (χ3n) is 3.53. The van der Waals surface area contributed by atoms with Crippen LogP contribution in [-0.4, -0.2) is 23.4 Å². The summed E-state index contributed by atoms with van der Waals surface area (Å²) in [5.41, 5.74) is 2.46. The standard InChI is InChI=1S/C16H22FN3/c1-18-10-14(3-4-15-11-19-20(2)12-15)9-13-5-7-16(17)8-6-13/h5-8,11-12,14,18H,3-4,9-10H2,1-2H3. The largest absolute Gasteiger partial charge is 0.319 e. The van der Waals surface area contributed by atoms with E-state index in [2.05, 4.69) is 16.6 Å². The Balaban J connectivity index is 1.91. The molecule has 2 rings (SSSR count). The maximum absolute atomic E-state index is 12.9. The molecule has 1 N–H and O–H groups in total. The molecule has 4 heteroatoms. The molecule has 2 aromatic rings. The molecule has 20 heavy (non-hydrogen) atoms. The van der Waals surface area contributed by atoms with Crippen LogP contribution in [0, 0.1) is 11.7 Å². The van der Waals surface area contributed by atoms with E-state index in [9.17, 15) is 4.39 Å². The van der Waals surface area contributed by atoms with Gasteiger partial charge in [0.15, 0.2) is 0 Å². The summed E-state index contributed by atoms with van der Waals surface area (Å²) in [4.78, 5) is 0. The molecule has 0 saturated carbocycles. The van der Waals surface area contributed by atoms with Gasteiger partial charge >= 0.3 is 0 Å². The maximum atomic E-state index is 12.9. The number of aryl methyl sites for hydroxylation is 2.